The summed E-state index contributed by atoms with van der Waals surface area (Å²) >= 11 is 6.08. The number of hydrogen-bond acceptors (Lipinski definition) is 4. The standard InChI is InChI=1S/C19H21ClFN3O3S/c1-13-5-6-14(11-18(13)28(22,26)27)19(25)24-9-7-23(8-10-24)12-15-16(20)3-2-4-17(15)21/h2-6,11H,7-10,12H2,1H3,(H2,22,26,27). The van der Waals surface area contributed by atoms with Gasteiger partial charge in [-0.15, -0.1) is 0 Å². The predicted octanol–water partition coefficient (Wildman–Crippen LogP) is 2.39. The highest BCUT2D eigenvalue weighted by Gasteiger charge is 2.24. The molecule has 0 aliphatic carbocycles. The molecule has 0 radical (unpaired) electrons. The van der Waals surface area contributed by atoms with Gasteiger partial charge in [0, 0.05) is 48.9 Å². The third-order valence-electron chi connectivity index (χ3n) is 4.84. The van der Waals surface area contributed by atoms with Crippen molar-refractivity contribution in [1.82, 2.24) is 9.80 Å². The Morgan fingerprint density at radius 2 is 1.86 bits per heavy atom. The Bertz CT molecular complexity index is 985. The quantitative estimate of drug-likeness (QED) is 0.815. The molecule has 0 aromatic heterocycles. The van der Waals surface area contributed by atoms with Crippen molar-refractivity contribution in [3.8, 4) is 0 Å². The van der Waals surface area contributed by atoms with E-state index in [1.54, 1.807) is 36.1 Å². The molecule has 2 N–H and O–H groups in total. The van der Waals surface area contributed by atoms with Gasteiger partial charge in [0.15, 0.2) is 0 Å². The molecule has 1 fully saturated rings. The molecule has 2 aromatic rings. The van der Waals surface area contributed by atoms with Crippen LogP contribution in [0.15, 0.2) is 41.3 Å². The number of hydrogen-bond donors (Lipinski definition) is 1. The summed E-state index contributed by atoms with van der Waals surface area (Å²) < 4.78 is 37.3. The maximum Gasteiger partial charge on any atom is 0.253 e. The van der Waals surface area contributed by atoms with E-state index in [9.17, 15) is 17.6 Å². The van der Waals surface area contributed by atoms with Crippen molar-refractivity contribution in [2.75, 3.05) is 26.2 Å². The molecule has 1 amide bonds. The van der Waals surface area contributed by atoms with Crippen LogP contribution < -0.4 is 5.14 Å². The number of piperazine rings is 1. The van der Waals surface area contributed by atoms with E-state index < -0.39 is 10.0 Å². The van der Waals surface area contributed by atoms with Gasteiger partial charge < -0.3 is 4.90 Å². The van der Waals surface area contributed by atoms with Crippen molar-refractivity contribution < 1.29 is 17.6 Å². The number of carbonyl (C=O) groups excluding carboxylic acids is 1. The first-order chi connectivity index (χ1) is 13.2. The SMILES string of the molecule is Cc1ccc(C(=O)N2CCN(Cc3c(F)cccc3Cl)CC2)cc1S(N)(=O)=O. The highest BCUT2D eigenvalue weighted by molar-refractivity contribution is 7.89. The van der Waals surface area contributed by atoms with Crippen LogP contribution in [0.25, 0.3) is 0 Å². The number of aryl methyl sites for hydroxylation is 1. The smallest absolute Gasteiger partial charge is 0.253 e. The number of halogens is 2. The Balaban J connectivity index is 1.67. The molecule has 0 unspecified atom stereocenters. The van der Waals surface area contributed by atoms with Crippen LogP contribution in [0.1, 0.15) is 21.5 Å². The maximum absolute atomic E-state index is 14.0. The Hall–Kier alpha value is -2.00. The second-order valence-corrected chi connectivity index (χ2v) is 8.73. The van der Waals surface area contributed by atoms with Gasteiger partial charge in [-0.2, -0.15) is 0 Å². The van der Waals surface area contributed by atoms with Gasteiger partial charge in [-0.25, -0.2) is 17.9 Å². The fraction of sp³-hybridized carbons (Fsp3) is 0.316. The fourth-order valence-electron chi connectivity index (χ4n) is 3.24. The van der Waals surface area contributed by atoms with Gasteiger partial charge in [0.1, 0.15) is 5.82 Å². The number of benzene rings is 2. The normalized spacial score (nSPS) is 15.6. The number of sulfonamides is 1. The average molecular weight is 426 g/mol. The molecule has 1 aliphatic rings. The lowest BCUT2D eigenvalue weighted by Gasteiger charge is -2.35. The molecule has 0 saturated carbocycles. The minimum atomic E-state index is -3.90. The third-order valence-corrected chi connectivity index (χ3v) is 6.25. The molecule has 1 aliphatic heterocycles. The highest BCUT2D eigenvalue weighted by atomic mass is 35.5. The topological polar surface area (TPSA) is 83.7 Å². The first kappa shape index (κ1) is 20.7. The van der Waals surface area contributed by atoms with Gasteiger partial charge >= 0.3 is 0 Å². The van der Waals surface area contributed by atoms with Crippen LogP contribution >= 0.6 is 11.6 Å². The lowest BCUT2D eigenvalue weighted by Crippen LogP contribution is -2.48. The van der Waals surface area contributed by atoms with Gasteiger partial charge in [-0.3, -0.25) is 9.69 Å². The van der Waals surface area contributed by atoms with Crippen LogP contribution in [0.2, 0.25) is 5.02 Å². The van der Waals surface area contributed by atoms with Crippen molar-refractivity contribution in [3.05, 3.63) is 63.9 Å². The van der Waals surface area contributed by atoms with Crippen molar-refractivity contribution in [2.24, 2.45) is 5.14 Å². The van der Waals surface area contributed by atoms with E-state index >= 15 is 0 Å². The monoisotopic (exact) mass is 425 g/mol. The molecule has 0 spiro atoms. The van der Waals surface area contributed by atoms with Gasteiger partial charge in [-0.1, -0.05) is 23.7 Å². The van der Waals surface area contributed by atoms with Crippen LogP contribution in [-0.4, -0.2) is 50.3 Å². The van der Waals surface area contributed by atoms with Crippen LogP contribution in [0.5, 0.6) is 0 Å². The van der Waals surface area contributed by atoms with Crippen molar-refractivity contribution in [3.63, 3.8) is 0 Å². The zero-order valence-electron chi connectivity index (χ0n) is 15.4. The summed E-state index contributed by atoms with van der Waals surface area (Å²) in [5.41, 5.74) is 1.21. The third kappa shape index (κ3) is 4.52. The van der Waals surface area contributed by atoms with E-state index in [4.69, 9.17) is 16.7 Å². The van der Waals surface area contributed by atoms with Gasteiger partial charge in [0.25, 0.3) is 5.91 Å². The number of nitrogens with two attached hydrogens (primary N) is 1. The van der Waals surface area contributed by atoms with E-state index in [2.05, 4.69) is 0 Å². The molecular formula is C19H21ClFN3O3S. The molecule has 0 bridgehead atoms. The number of primary sulfonamides is 1. The molecule has 9 heteroatoms. The molecule has 28 heavy (non-hydrogen) atoms. The molecule has 3 rings (SSSR count). The molecule has 0 atom stereocenters. The first-order valence-corrected chi connectivity index (χ1v) is 10.7. The van der Waals surface area contributed by atoms with Crippen LogP contribution in [0.3, 0.4) is 0 Å². The van der Waals surface area contributed by atoms with Crippen molar-refractivity contribution >= 4 is 27.5 Å². The first-order valence-electron chi connectivity index (χ1n) is 8.75. The lowest BCUT2D eigenvalue weighted by molar-refractivity contribution is 0.0627. The highest BCUT2D eigenvalue weighted by Crippen LogP contribution is 2.22. The molecular weight excluding hydrogens is 405 g/mol. The van der Waals surface area contributed by atoms with Crippen LogP contribution in [-0.2, 0) is 16.6 Å². The largest absolute Gasteiger partial charge is 0.336 e. The summed E-state index contributed by atoms with van der Waals surface area (Å²) in [6.07, 6.45) is 0. The van der Waals surface area contributed by atoms with Crippen molar-refractivity contribution in [1.29, 1.82) is 0 Å². The molecule has 6 nitrogen and oxygen atoms in total. The predicted molar refractivity (Wildman–Crippen MR) is 105 cm³/mol. The second-order valence-electron chi connectivity index (χ2n) is 6.79. The van der Waals surface area contributed by atoms with Gasteiger partial charge in [0.05, 0.1) is 4.90 Å². The van der Waals surface area contributed by atoms with Gasteiger partial charge in [-0.05, 0) is 36.8 Å². The summed E-state index contributed by atoms with van der Waals surface area (Å²) in [6.45, 7) is 4.01. The summed E-state index contributed by atoms with van der Waals surface area (Å²) in [4.78, 5) is 16.4. The van der Waals surface area contributed by atoms with E-state index in [0.29, 0.717) is 48.9 Å². The van der Waals surface area contributed by atoms with E-state index in [-0.39, 0.29) is 22.2 Å². The van der Waals surface area contributed by atoms with E-state index in [0.717, 1.165) is 0 Å². The Kier molecular flexibility index (Phi) is 6.04. The lowest BCUT2D eigenvalue weighted by atomic mass is 10.1. The molecule has 1 saturated heterocycles. The zero-order valence-corrected chi connectivity index (χ0v) is 16.9. The van der Waals surface area contributed by atoms with Crippen molar-refractivity contribution in [2.45, 2.75) is 18.4 Å². The zero-order chi connectivity index (χ0) is 20.5. The number of carbonyl (C=O) groups is 1. The summed E-state index contributed by atoms with van der Waals surface area (Å²) in [5.74, 6) is -0.602. The average Bonchev–Trinajstić information content (AvgIpc) is 2.64. The van der Waals surface area contributed by atoms with E-state index in [1.165, 1.54) is 12.1 Å². The van der Waals surface area contributed by atoms with Crippen LogP contribution in [0, 0.1) is 12.7 Å². The van der Waals surface area contributed by atoms with Crippen LogP contribution in [0.4, 0.5) is 4.39 Å². The molecule has 2 aromatic carbocycles. The van der Waals surface area contributed by atoms with Gasteiger partial charge in [0.2, 0.25) is 10.0 Å². The molecule has 1 heterocycles. The Labute approximate surface area is 168 Å². The number of amides is 1. The molecule has 150 valence electrons. The Morgan fingerprint density at radius 3 is 2.46 bits per heavy atom. The fourth-order valence-corrected chi connectivity index (χ4v) is 4.27. The maximum atomic E-state index is 14.0. The summed E-state index contributed by atoms with van der Waals surface area (Å²) in [5, 5.41) is 5.60. The number of rotatable bonds is 4. The number of nitrogens with zero attached hydrogens (tertiary/aromatic N) is 2. The summed E-state index contributed by atoms with van der Waals surface area (Å²) in [7, 11) is -3.90. The second kappa shape index (κ2) is 8.16. The minimum absolute atomic E-state index is 0.0498. The Morgan fingerprint density at radius 1 is 1.18 bits per heavy atom. The van der Waals surface area contributed by atoms with E-state index in [1.807, 2.05) is 4.90 Å². The summed E-state index contributed by atoms with van der Waals surface area (Å²) in [6, 6.07) is 9.08. The minimum Gasteiger partial charge on any atom is -0.336 e.